The molecule has 0 bridgehead atoms. The molecule has 214 valence electrons. The van der Waals surface area contributed by atoms with E-state index >= 15 is 0 Å². The van der Waals surface area contributed by atoms with Gasteiger partial charge in [0.2, 0.25) is 5.91 Å². The minimum atomic E-state index is 0.103. The number of fused-ring (bicyclic) bond motifs is 1. The fourth-order valence-electron chi connectivity index (χ4n) is 6.90. The number of aromatic nitrogens is 4. The van der Waals surface area contributed by atoms with E-state index < -0.39 is 0 Å². The van der Waals surface area contributed by atoms with Gasteiger partial charge in [-0.15, -0.1) is 5.10 Å². The van der Waals surface area contributed by atoms with Gasteiger partial charge in [-0.1, -0.05) is 12.1 Å². The number of morpholine rings is 1. The molecule has 1 aliphatic carbocycles. The van der Waals surface area contributed by atoms with Crippen LogP contribution in [0.5, 0.6) is 5.75 Å². The second-order valence-electron chi connectivity index (χ2n) is 12.1. The van der Waals surface area contributed by atoms with Gasteiger partial charge in [-0.05, 0) is 83.9 Å². The Morgan fingerprint density at radius 3 is 2.33 bits per heavy atom. The first-order valence-corrected chi connectivity index (χ1v) is 14.9. The first-order valence-electron chi connectivity index (χ1n) is 14.9. The molecule has 0 unspecified atom stereocenters. The van der Waals surface area contributed by atoms with Gasteiger partial charge in [0.05, 0.1) is 30.1 Å². The molecule has 2 aliphatic heterocycles. The molecule has 2 aromatic heterocycles. The third kappa shape index (κ3) is 5.40. The molecule has 9 heteroatoms. The lowest BCUT2D eigenvalue weighted by atomic mass is 9.78. The molecule has 9 nitrogen and oxygen atoms in total. The minimum absolute atomic E-state index is 0.103. The predicted octanol–water partition coefficient (Wildman–Crippen LogP) is 4.62. The van der Waals surface area contributed by atoms with Crippen molar-refractivity contribution in [3.05, 3.63) is 47.0 Å². The van der Waals surface area contributed by atoms with Crippen molar-refractivity contribution in [3.8, 4) is 5.75 Å². The monoisotopic (exact) mass is 546 g/mol. The molecule has 3 fully saturated rings. The molecule has 0 radical (unpaired) electrons. The van der Waals surface area contributed by atoms with Crippen molar-refractivity contribution < 1.29 is 14.3 Å². The highest BCUT2D eigenvalue weighted by molar-refractivity contribution is 5.79. The van der Waals surface area contributed by atoms with Crippen LogP contribution in [-0.4, -0.2) is 74.9 Å². The summed E-state index contributed by atoms with van der Waals surface area (Å²) < 4.78 is 14.1. The quantitative estimate of drug-likeness (QED) is 0.462. The molecule has 4 heterocycles. The zero-order valence-electron chi connectivity index (χ0n) is 24.5. The number of aryl methyl sites for hydroxylation is 3. The molecule has 2 saturated heterocycles. The van der Waals surface area contributed by atoms with E-state index in [9.17, 15) is 4.79 Å². The van der Waals surface area contributed by atoms with Crippen LogP contribution >= 0.6 is 0 Å². The summed E-state index contributed by atoms with van der Waals surface area (Å²) in [6, 6.07) is 9.10. The fourth-order valence-corrected chi connectivity index (χ4v) is 6.90. The van der Waals surface area contributed by atoms with E-state index in [2.05, 4.69) is 58.1 Å². The van der Waals surface area contributed by atoms with Gasteiger partial charge in [0, 0.05) is 37.7 Å². The number of hydrogen-bond acceptors (Lipinski definition) is 7. The van der Waals surface area contributed by atoms with Crippen molar-refractivity contribution in [1.82, 2.24) is 24.5 Å². The Balaban J connectivity index is 1.03. The Hall–Kier alpha value is -3.20. The molecule has 1 saturated carbocycles. The minimum Gasteiger partial charge on any atom is -0.485 e. The van der Waals surface area contributed by atoms with Crippen LogP contribution in [0.15, 0.2) is 24.3 Å². The van der Waals surface area contributed by atoms with Crippen LogP contribution in [0.1, 0.15) is 74.6 Å². The van der Waals surface area contributed by atoms with Gasteiger partial charge < -0.3 is 19.3 Å². The standard InChI is InChI=1S/C31H42N6O3/c1-19-16-36(17-20(2)39-19)30(38)26-8-6-24(7-9-26)25-10-12-27(13-11-25)35-15-14-28(18-35)40-29-21(3)32-31-33-23(5)34-37(31)22(29)4/h10-13,19-20,24,26,28H,6-9,14-18H2,1-5H3/t19-,20+,24-,26-,28-/m1/s1. The number of hydrogen-bond donors (Lipinski definition) is 0. The number of carbonyl (C=O) groups is 1. The van der Waals surface area contributed by atoms with Crippen molar-refractivity contribution in [2.24, 2.45) is 5.92 Å². The smallest absolute Gasteiger partial charge is 0.253 e. The maximum atomic E-state index is 13.2. The normalized spacial score (nSPS) is 27.4. The summed E-state index contributed by atoms with van der Waals surface area (Å²) in [5, 5.41) is 4.47. The molecule has 1 amide bonds. The van der Waals surface area contributed by atoms with Gasteiger partial charge in [0.25, 0.3) is 5.78 Å². The van der Waals surface area contributed by atoms with E-state index in [1.54, 1.807) is 4.52 Å². The number of amides is 1. The molecule has 3 aromatic rings. The highest BCUT2D eigenvalue weighted by Gasteiger charge is 2.33. The second kappa shape index (κ2) is 11.0. The Bertz CT molecular complexity index is 1350. The maximum absolute atomic E-state index is 13.2. The lowest BCUT2D eigenvalue weighted by Gasteiger charge is -2.38. The number of ether oxygens (including phenoxy) is 2. The predicted molar refractivity (Wildman–Crippen MR) is 154 cm³/mol. The Morgan fingerprint density at radius 2 is 1.62 bits per heavy atom. The number of nitrogens with zero attached hydrogens (tertiary/aromatic N) is 6. The van der Waals surface area contributed by atoms with Gasteiger partial charge >= 0.3 is 0 Å². The summed E-state index contributed by atoms with van der Waals surface area (Å²) in [5.41, 5.74) is 4.43. The molecule has 40 heavy (non-hydrogen) atoms. The fraction of sp³-hybridized carbons (Fsp3) is 0.613. The number of anilines is 1. The highest BCUT2D eigenvalue weighted by Crippen LogP contribution is 2.38. The van der Waals surface area contributed by atoms with E-state index in [-0.39, 0.29) is 24.2 Å². The molecular formula is C31H42N6O3. The van der Waals surface area contributed by atoms with E-state index in [1.807, 2.05) is 25.7 Å². The number of rotatable bonds is 5. The average molecular weight is 547 g/mol. The van der Waals surface area contributed by atoms with Crippen molar-refractivity contribution in [3.63, 3.8) is 0 Å². The zero-order valence-corrected chi connectivity index (χ0v) is 24.5. The second-order valence-corrected chi connectivity index (χ2v) is 12.1. The first kappa shape index (κ1) is 27.0. The molecule has 0 spiro atoms. The SMILES string of the molecule is Cc1nc2nc(C)c(O[C@@H]3CCN(c4ccc([C@H]5CC[C@H](C(=O)N6C[C@@H](C)O[C@@H](C)C6)CC5)cc4)C3)c(C)n2n1. The van der Waals surface area contributed by atoms with E-state index in [0.29, 0.717) is 23.4 Å². The maximum Gasteiger partial charge on any atom is 0.253 e. The van der Waals surface area contributed by atoms with E-state index in [4.69, 9.17) is 9.47 Å². The zero-order chi connectivity index (χ0) is 28.0. The molecule has 1 aromatic carbocycles. The topological polar surface area (TPSA) is 85.1 Å². The summed E-state index contributed by atoms with van der Waals surface area (Å²) in [6.45, 7) is 13.2. The van der Waals surface area contributed by atoms with Crippen LogP contribution in [0.3, 0.4) is 0 Å². The summed E-state index contributed by atoms with van der Waals surface area (Å²) in [4.78, 5) is 26.6. The lowest BCUT2D eigenvalue weighted by molar-refractivity contribution is -0.148. The molecule has 0 N–H and O–H groups in total. The van der Waals surface area contributed by atoms with Gasteiger partial charge in [-0.25, -0.2) is 4.98 Å². The van der Waals surface area contributed by atoms with Gasteiger partial charge in [-0.3, -0.25) is 4.79 Å². The van der Waals surface area contributed by atoms with Crippen molar-refractivity contribution in [1.29, 1.82) is 0 Å². The molecule has 3 aliphatic rings. The number of carbonyl (C=O) groups excluding carboxylic acids is 1. The third-order valence-electron chi connectivity index (χ3n) is 8.91. The molecule has 3 atom stereocenters. The highest BCUT2D eigenvalue weighted by atomic mass is 16.5. The van der Waals surface area contributed by atoms with Crippen LogP contribution in [-0.2, 0) is 9.53 Å². The van der Waals surface area contributed by atoms with Crippen LogP contribution in [0, 0.1) is 26.7 Å². The Labute approximate surface area is 236 Å². The van der Waals surface area contributed by atoms with Crippen molar-refractivity contribution in [2.75, 3.05) is 31.1 Å². The van der Waals surface area contributed by atoms with Crippen molar-refractivity contribution in [2.45, 2.75) is 91.0 Å². The van der Waals surface area contributed by atoms with Gasteiger partial charge in [0.1, 0.15) is 11.9 Å². The van der Waals surface area contributed by atoms with E-state index in [1.165, 1.54) is 11.3 Å². The van der Waals surface area contributed by atoms with Crippen LogP contribution in [0.4, 0.5) is 5.69 Å². The van der Waals surface area contributed by atoms with Gasteiger partial charge in [0.15, 0.2) is 5.75 Å². The van der Waals surface area contributed by atoms with Crippen LogP contribution in [0.2, 0.25) is 0 Å². The van der Waals surface area contributed by atoms with Crippen LogP contribution < -0.4 is 9.64 Å². The summed E-state index contributed by atoms with van der Waals surface area (Å²) in [6.07, 6.45) is 5.42. The first-order chi connectivity index (χ1) is 19.2. The Kier molecular flexibility index (Phi) is 7.42. The third-order valence-corrected chi connectivity index (χ3v) is 8.91. The van der Waals surface area contributed by atoms with E-state index in [0.717, 1.165) is 75.4 Å². The largest absolute Gasteiger partial charge is 0.485 e. The Morgan fingerprint density at radius 1 is 0.925 bits per heavy atom. The van der Waals surface area contributed by atoms with Gasteiger partial charge in [-0.2, -0.15) is 9.50 Å². The molecular weight excluding hydrogens is 504 g/mol. The van der Waals surface area contributed by atoms with Crippen LogP contribution in [0.25, 0.3) is 5.78 Å². The average Bonchev–Trinajstić information content (AvgIpc) is 3.56. The number of benzene rings is 1. The summed E-state index contributed by atoms with van der Waals surface area (Å²) in [5.74, 6) is 3.16. The lowest BCUT2D eigenvalue weighted by Crippen LogP contribution is -2.50. The van der Waals surface area contributed by atoms with Crippen molar-refractivity contribution >= 4 is 17.4 Å². The summed E-state index contributed by atoms with van der Waals surface area (Å²) in [7, 11) is 0. The summed E-state index contributed by atoms with van der Waals surface area (Å²) >= 11 is 0. The molecule has 6 rings (SSSR count).